The minimum atomic E-state index is -0.675. The normalized spacial score (nSPS) is 40.3. The first-order chi connectivity index (χ1) is 11.4. The lowest BCUT2D eigenvalue weighted by molar-refractivity contribution is -0.771. The van der Waals surface area contributed by atoms with Crippen molar-refractivity contribution in [2.75, 3.05) is 0 Å². The van der Waals surface area contributed by atoms with Gasteiger partial charge in [0.05, 0.1) is 6.10 Å². The fourth-order valence-electron chi connectivity index (χ4n) is 5.87. The average Bonchev–Trinajstić information content (AvgIpc) is 2.79. The molecule has 4 rings (SSSR count). The number of rotatable bonds is 2. The van der Waals surface area contributed by atoms with Crippen LogP contribution in [0.2, 0.25) is 0 Å². The van der Waals surface area contributed by atoms with Crippen LogP contribution in [0.5, 0.6) is 5.75 Å². The largest absolute Gasteiger partial charge is 0.508 e. The predicted molar refractivity (Wildman–Crippen MR) is 86.0 cm³/mol. The van der Waals surface area contributed by atoms with Crippen molar-refractivity contribution in [3.8, 4) is 5.75 Å². The van der Waals surface area contributed by atoms with Crippen LogP contribution in [0.25, 0.3) is 0 Å². The van der Waals surface area contributed by atoms with Crippen LogP contribution in [0.15, 0.2) is 18.2 Å². The molecule has 6 atom stereocenters. The molecule has 0 aromatic heterocycles. The van der Waals surface area contributed by atoms with Crippen LogP contribution < -0.4 is 0 Å². The smallest absolute Gasteiger partial charge is 0.294 e. The number of benzene rings is 1. The van der Waals surface area contributed by atoms with Crippen molar-refractivity contribution in [2.45, 2.75) is 57.2 Å². The third kappa shape index (κ3) is 2.35. The number of fused-ring (bicyclic) bond motifs is 5. The summed E-state index contributed by atoms with van der Waals surface area (Å²) in [7, 11) is 0. The van der Waals surface area contributed by atoms with Gasteiger partial charge in [-0.2, -0.15) is 0 Å². The molecule has 0 bridgehead atoms. The molecule has 3 aliphatic rings. The summed E-state index contributed by atoms with van der Waals surface area (Å²) < 4.78 is 0. The molecule has 3 unspecified atom stereocenters. The van der Waals surface area contributed by atoms with Gasteiger partial charge in [0.25, 0.3) is 5.09 Å². The molecule has 2 N–H and O–H groups in total. The van der Waals surface area contributed by atoms with Gasteiger partial charge in [-0.3, -0.25) is 0 Å². The van der Waals surface area contributed by atoms with Crippen molar-refractivity contribution < 1.29 is 20.1 Å². The minimum Gasteiger partial charge on any atom is -0.508 e. The summed E-state index contributed by atoms with van der Waals surface area (Å²) in [6.07, 6.45) is 3.04. The predicted octanol–water partition coefficient (Wildman–Crippen LogP) is 2.80. The van der Waals surface area contributed by atoms with E-state index in [1.165, 1.54) is 0 Å². The highest BCUT2D eigenvalue weighted by Gasteiger charge is 2.57. The Bertz CT molecular complexity index is 677. The lowest BCUT2D eigenvalue weighted by Gasteiger charge is -2.51. The van der Waals surface area contributed by atoms with Gasteiger partial charge >= 0.3 is 0 Å². The average molecular weight is 333 g/mol. The van der Waals surface area contributed by atoms with E-state index in [9.17, 15) is 20.3 Å². The topological polar surface area (TPSA) is 92.8 Å². The lowest BCUT2D eigenvalue weighted by atomic mass is 9.55. The van der Waals surface area contributed by atoms with Crippen LogP contribution >= 0.6 is 0 Å². The molecule has 1 aromatic carbocycles. The molecular weight excluding hydrogens is 310 g/mol. The Hall–Kier alpha value is -1.82. The second-order valence-corrected chi connectivity index (χ2v) is 8.04. The van der Waals surface area contributed by atoms with Crippen LogP contribution in [0.4, 0.5) is 0 Å². The van der Waals surface area contributed by atoms with Gasteiger partial charge in [0.1, 0.15) is 11.9 Å². The van der Waals surface area contributed by atoms with Crippen LogP contribution in [0.3, 0.4) is 0 Å². The summed E-state index contributed by atoms with van der Waals surface area (Å²) in [6, 6.07) is 5.32. The number of phenols is 1. The molecule has 0 aliphatic heterocycles. The van der Waals surface area contributed by atoms with Crippen molar-refractivity contribution in [3.63, 3.8) is 0 Å². The fourth-order valence-corrected chi connectivity index (χ4v) is 5.87. The first-order valence-corrected chi connectivity index (χ1v) is 8.68. The van der Waals surface area contributed by atoms with E-state index < -0.39 is 11.2 Å². The highest BCUT2D eigenvalue weighted by atomic mass is 17.0. The molecular formula is C18H23NO5. The third-order valence-electron chi connectivity index (χ3n) is 6.62. The van der Waals surface area contributed by atoms with Gasteiger partial charge in [-0.05, 0) is 72.6 Å². The minimum absolute atomic E-state index is 0.0388. The van der Waals surface area contributed by atoms with Gasteiger partial charge in [0.15, 0.2) is 0 Å². The fraction of sp³-hybridized carbons (Fsp3) is 0.667. The Balaban J connectivity index is 1.77. The first kappa shape index (κ1) is 15.7. The van der Waals surface area contributed by atoms with E-state index in [1.54, 1.807) is 12.1 Å². The van der Waals surface area contributed by atoms with E-state index in [-0.39, 0.29) is 29.1 Å². The summed E-state index contributed by atoms with van der Waals surface area (Å²) in [5.41, 5.74) is 2.03. The molecule has 0 saturated heterocycles. The maximum atomic E-state index is 11.1. The quantitative estimate of drug-likeness (QED) is 0.641. The molecule has 0 spiro atoms. The highest BCUT2D eigenvalue weighted by Crippen LogP contribution is 2.61. The molecule has 3 aliphatic carbocycles. The standard InChI is InChI=1S/C18H23NO5/c1-18-8-12(21)7-15(18)14-4-2-10-6-11(20)3-5-13(10)17(14)16(9-18)24-19(22)23/h3,5-6,12,14-17,20-21H,2,4,7-9H2,1H3/t12-,14?,15?,16+,17?,18+/m1/s1. The molecule has 6 nitrogen and oxygen atoms in total. The zero-order valence-electron chi connectivity index (χ0n) is 13.7. The molecule has 1 aromatic rings. The van der Waals surface area contributed by atoms with Gasteiger partial charge in [0.2, 0.25) is 0 Å². The number of aliphatic hydroxyl groups excluding tert-OH is 1. The lowest BCUT2D eigenvalue weighted by Crippen LogP contribution is -2.48. The Morgan fingerprint density at radius 3 is 2.92 bits per heavy atom. The number of hydrogen-bond acceptors (Lipinski definition) is 5. The van der Waals surface area contributed by atoms with E-state index in [4.69, 9.17) is 4.84 Å². The van der Waals surface area contributed by atoms with Crippen LogP contribution in [-0.4, -0.2) is 27.5 Å². The summed E-state index contributed by atoms with van der Waals surface area (Å²) in [4.78, 5) is 16.2. The van der Waals surface area contributed by atoms with E-state index in [0.717, 1.165) is 30.4 Å². The van der Waals surface area contributed by atoms with Crippen molar-refractivity contribution in [1.29, 1.82) is 0 Å². The van der Waals surface area contributed by atoms with Gasteiger partial charge in [-0.1, -0.05) is 13.0 Å². The van der Waals surface area contributed by atoms with E-state index in [1.807, 2.05) is 6.07 Å². The summed E-state index contributed by atoms with van der Waals surface area (Å²) in [5, 5.41) is 30.3. The summed E-state index contributed by atoms with van der Waals surface area (Å²) in [5.74, 6) is 0.841. The first-order valence-electron chi connectivity index (χ1n) is 8.68. The molecule has 0 heterocycles. The van der Waals surface area contributed by atoms with Crippen molar-refractivity contribution in [2.24, 2.45) is 17.3 Å². The number of aromatic hydroxyl groups is 1. The summed E-state index contributed by atoms with van der Waals surface area (Å²) in [6.45, 7) is 2.15. The molecule has 2 saturated carbocycles. The van der Waals surface area contributed by atoms with E-state index in [0.29, 0.717) is 18.8 Å². The second kappa shape index (κ2) is 5.34. The van der Waals surface area contributed by atoms with E-state index in [2.05, 4.69) is 6.92 Å². The monoisotopic (exact) mass is 333 g/mol. The SMILES string of the molecule is C[C@@]12C[C@H](O)CC1C1CCc3cc(O)ccc3C1[C@@H](O[N+](=O)[O-])C2. The molecule has 2 fully saturated rings. The number of nitrogens with zero attached hydrogens (tertiary/aromatic N) is 1. The van der Waals surface area contributed by atoms with Gasteiger partial charge in [-0.25, -0.2) is 0 Å². The van der Waals surface area contributed by atoms with Gasteiger partial charge in [-0.15, -0.1) is 10.1 Å². The zero-order valence-corrected chi connectivity index (χ0v) is 13.7. The molecule has 0 amide bonds. The summed E-state index contributed by atoms with van der Waals surface area (Å²) >= 11 is 0. The van der Waals surface area contributed by atoms with Crippen molar-refractivity contribution in [1.82, 2.24) is 0 Å². The zero-order chi connectivity index (χ0) is 17.1. The third-order valence-corrected chi connectivity index (χ3v) is 6.62. The van der Waals surface area contributed by atoms with Gasteiger partial charge in [0, 0.05) is 5.92 Å². The van der Waals surface area contributed by atoms with Crippen LogP contribution in [0.1, 0.15) is 49.7 Å². The molecule has 24 heavy (non-hydrogen) atoms. The number of hydrogen-bond donors (Lipinski definition) is 2. The maximum absolute atomic E-state index is 11.1. The van der Waals surface area contributed by atoms with Gasteiger partial charge < -0.3 is 15.1 Å². The number of phenolic OH excluding ortho intramolecular Hbond substituents is 1. The van der Waals surface area contributed by atoms with Crippen LogP contribution in [0, 0.1) is 27.4 Å². The number of aryl methyl sites for hydroxylation is 1. The molecule has 0 radical (unpaired) electrons. The van der Waals surface area contributed by atoms with Crippen LogP contribution in [-0.2, 0) is 11.3 Å². The highest BCUT2D eigenvalue weighted by molar-refractivity contribution is 5.41. The second-order valence-electron chi connectivity index (χ2n) is 8.04. The number of aliphatic hydroxyl groups is 1. The molecule has 130 valence electrons. The Kier molecular flexibility index (Phi) is 3.49. The van der Waals surface area contributed by atoms with Crippen molar-refractivity contribution in [3.05, 3.63) is 39.4 Å². The van der Waals surface area contributed by atoms with Crippen molar-refractivity contribution >= 4 is 0 Å². The Morgan fingerprint density at radius 1 is 1.38 bits per heavy atom. The maximum Gasteiger partial charge on any atom is 0.294 e. The Morgan fingerprint density at radius 2 is 2.17 bits per heavy atom. The molecule has 6 heteroatoms. The van der Waals surface area contributed by atoms with E-state index >= 15 is 0 Å². The Labute approximate surface area is 140 Å².